The summed E-state index contributed by atoms with van der Waals surface area (Å²) in [6.45, 7) is 1.29. The van der Waals surface area contributed by atoms with Crippen LogP contribution in [0.25, 0.3) is 0 Å². The molecule has 3 heteroatoms. The van der Waals surface area contributed by atoms with Crippen molar-refractivity contribution in [2.75, 3.05) is 0 Å². The van der Waals surface area contributed by atoms with Crippen molar-refractivity contribution in [3.63, 3.8) is 0 Å². The Morgan fingerprint density at radius 2 is 1.83 bits per heavy atom. The van der Waals surface area contributed by atoms with Crippen LogP contribution in [-0.4, -0.2) is 5.11 Å². The molecular weight excluding hydrogens is 248 g/mol. The van der Waals surface area contributed by atoms with Crippen LogP contribution in [-0.2, 0) is 18.0 Å². The fourth-order valence-electron chi connectivity index (χ4n) is 2.24. The zero-order chi connectivity index (χ0) is 12.5. The normalized spacial score (nSPS) is 15.4. The maximum Gasteiger partial charge on any atom is 0.105 e. The average molecular weight is 261 g/mol. The van der Waals surface area contributed by atoms with Crippen molar-refractivity contribution in [3.8, 4) is 0 Å². The van der Waals surface area contributed by atoms with Crippen LogP contribution in [0.1, 0.15) is 28.4 Å². The zero-order valence-corrected chi connectivity index (χ0v) is 10.5. The smallest absolute Gasteiger partial charge is 0.105 e. The first-order chi connectivity index (χ1) is 8.75. The molecule has 0 radical (unpaired) electrons. The second-order valence-corrected chi connectivity index (χ2v) is 4.85. The summed E-state index contributed by atoms with van der Waals surface area (Å²) in [5, 5.41) is 11.0. The van der Waals surface area contributed by atoms with Crippen LogP contribution in [0.2, 0.25) is 5.02 Å². The van der Waals surface area contributed by atoms with E-state index in [1.165, 1.54) is 5.56 Å². The van der Waals surface area contributed by atoms with E-state index < -0.39 is 6.10 Å². The monoisotopic (exact) mass is 260 g/mol. The van der Waals surface area contributed by atoms with Crippen LogP contribution >= 0.6 is 11.6 Å². The Balaban J connectivity index is 1.98. The van der Waals surface area contributed by atoms with Crippen molar-refractivity contribution in [3.05, 3.63) is 69.7 Å². The lowest BCUT2D eigenvalue weighted by Gasteiger charge is -2.14. The highest BCUT2D eigenvalue weighted by Crippen LogP contribution is 2.30. The molecule has 2 aromatic rings. The van der Waals surface area contributed by atoms with Crippen LogP contribution in [0, 0.1) is 0 Å². The van der Waals surface area contributed by atoms with Crippen molar-refractivity contribution < 1.29 is 9.84 Å². The van der Waals surface area contributed by atoms with E-state index in [1.807, 2.05) is 36.4 Å². The molecule has 1 heterocycles. The molecule has 18 heavy (non-hydrogen) atoms. The fourth-order valence-corrected chi connectivity index (χ4v) is 2.48. The van der Waals surface area contributed by atoms with Gasteiger partial charge in [0.15, 0.2) is 0 Å². The molecule has 92 valence electrons. The van der Waals surface area contributed by atoms with E-state index in [2.05, 4.69) is 0 Å². The van der Waals surface area contributed by atoms with Crippen LogP contribution < -0.4 is 0 Å². The SMILES string of the molecule is OC(c1ccc2c(c1)COC2)c1ccccc1Cl. The lowest BCUT2D eigenvalue weighted by molar-refractivity contribution is 0.134. The number of hydrogen-bond donors (Lipinski definition) is 1. The van der Waals surface area contributed by atoms with Gasteiger partial charge in [0.25, 0.3) is 0 Å². The van der Waals surface area contributed by atoms with E-state index in [4.69, 9.17) is 16.3 Å². The summed E-state index contributed by atoms with van der Waals surface area (Å²) in [6, 6.07) is 13.3. The standard InChI is InChI=1S/C15H13ClO2/c16-14-4-2-1-3-13(14)15(17)10-5-6-11-8-18-9-12(11)7-10/h1-7,15,17H,8-9H2. The Kier molecular flexibility index (Phi) is 3.08. The zero-order valence-electron chi connectivity index (χ0n) is 9.77. The van der Waals surface area contributed by atoms with Crippen LogP contribution in [0.4, 0.5) is 0 Å². The lowest BCUT2D eigenvalue weighted by atomic mass is 9.98. The summed E-state index contributed by atoms with van der Waals surface area (Å²) < 4.78 is 5.37. The van der Waals surface area contributed by atoms with Gasteiger partial charge < -0.3 is 9.84 Å². The molecule has 0 aliphatic carbocycles. The molecule has 1 atom stereocenters. The van der Waals surface area contributed by atoms with Crippen molar-refractivity contribution in [2.24, 2.45) is 0 Å². The highest BCUT2D eigenvalue weighted by Gasteiger charge is 2.17. The molecule has 2 aromatic carbocycles. The quantitative estimate of drug-likeness (QED) is 0.896. The Bertz CT molecular complexity index is 580. The molecule has 0 saturated heterocycles. The Labute approximate surface area is 111 Å². The third-order valence-electron chi connectivity index (χ3n) is 3.26. The molecule has 1 N–H and O–H groups in total. The van der Waals surface area contributed by atoms with Gasteiger partial charge in [-0.25, -0.2) is 0 Å². The van der Waals surface area contributed by atoms with E-state index in [0.717, 1.165) is 16.7 Å². The highest BCUT2D eigenvalue weighted by atomic mass is 35.5. The number of rotatable bonds is 2. The number of benzene rings is 2. The first kappa shape index (κ1) is 11.7. The predicted octanol–water partition coefficient (Wildman–Crippen LogP) is 3.45. The lowest BCUT2D eigenvalue weighted by Crippen LogP contribution is -2.01. The van der Waals surface area contributed by atoms with E-state index in [9.17, 15) is 5.11 Å². The highest BCUT2D eigenvalue weighted by molar-refractivity contribution is 6.31. The van der Waals surface area contributed by atoms with Crippen LogP contribution in [0.3, 0.4) is 0 Å². The summed E-state index contributed by atoms with van der Waals surface area (Å²) in [4.78, 5) is 0. The summed E-state index contributed by atoms with van der Waals surface area (Å²) in [5.74, 6) is 0. The van der Waals surface area contributed by atoms with E-state index in [-0.39, 0.29) is 0 Å². The summed E-state index contributed by atoms with van der Waals surface area (Å²) >= 11 is 6.10. The van der Waals surface area contributed by atoms with Gasteiger partial charge in [-0.1, -0.05) is 48.0 Å². The van der Waals surface area contributed by atoms with Gasteiger partial charge in [-0.15, -0.1) is 0 Å². The molecule has 0 aromatic heterocycles. The van der Waals surface area contributed by atoms with Crippen molar-refractivity contribution in [1.82, 2.24) is 0 Å². The average Bonchev–Trinajstić information content (AvgIpc) is 2.85. The van der Waals surface area contributed by atoms with Gasteiger partial charge in [-0.3, -0.25) is 0 Å². The minimum Gasteiger partial charge on any atom is -0.384 e. The molecule has 0 saturated carbocycles. The molecule has 3 rings (SSSR count). The number of aliphatic hydroxyl groups excluding tert-OH is 1. The molecule has 1 unspecified atom stereocenters. The third kappa shape index (κ3) is 2.03. The first-order valence-corrected chi connectivity index (χ1v) is 6.25. The molecule has 0 bridgehead atoms. The van der Waals surface area contributed by atoms with Crippen LogP contribution in [0.5, 0.6) is 0 Å². The van der Waals surface area contributed by atoms with Gasteiger partial charge in [0.2, 0.25) is 0 Å². The second kappa shape index (κ2) is 4.73. The largest absolute Gasteiger partial charge is 0.384 e. The van der Waals surface area contributed by atoms with Crippen molar-refractivity contribution in [2.45, 2.75) is 19.3 Å². The Morgan fingerprint density at radius 3 is 2.67 bits per heavy atom. The Hall–Kier alpha value is -1.35. The molecule has 0 amide bonds. The number of ether oxygens (including phenoxy) is 1. The fraction of sp³-hybridized carbons (Fsp3) is 0.200. The first-order valence-electron chi connectivity index (χ1n) is 5.87. The molecular formula is C15H13ClO2. The Morgan fingerprint density at radius 1 is 1.06 bits per heavy atom. The summed E-state index contributed by atoms with van der Waals surface area (Å²) in [5.41, 5.74) is 3.94. The van der Waals surface area contributed by atoms with E-state index >= 15 is 0 Å². The van der Waals surface area contributed by atoms with Gasteiger partial charge in [0.05, 0.1) is 13.2 Å². The number of aliphatic hydroxyl groups is 1. The van der Waals surface area contributed by atoms with Crippen molar-refractivity contribution in [1.29, 1.82) is 0 Å². The molecule has 0 spiro atoms. The predicted molar refractivity (Wildman–Crippen MR) is 70.4 cm³/mol. The maximum atomic E-state index is 10.4. The van der Waals surface area contributed by atoms with Gasteiger partial charge in [-0.2, -0.15) is 0 Å². The number of halogens is 1. The third-order valence-corrected chi connectivity index (χ3v) is 3.61. The number of hydrogen-bond acceptors (Lipinski definition) is 2. The minimum absolute atomic E-state index is 0.585. The van der Waals surface area contributed by atoms with Gasteiger partial charge in [0, 0.05) is 10.6 Å². The molecule has 0 fully saturated rings. The maximum absolute atomic E-state index is 10.4. The van der Waals surface area contributed by atoms with Gasteiger partial charge in [0.1, 0.15) is 6.10 Å². The topological polar surface area (TPSA) is 29.5 Å². The van der Waals surface area contributed by atoms with E-state index in [1.54, 1.807) is 6.07 Å². The summed E-state index contributed by atoms with van der Waals surface area (Å²) in [7, 11) is 0. The van der Waals surface area contributed by atoms with Gasteiger partial charge in [-0.05, 0) is 22.8 Å². The molecule has 2 nitrogen and oxygen atoms in total. The number of fused-ring (bicyclic) bond motifs is 1. The minimum atomic E-state index is -0.690. The van der Waals surface area contributed by atoms with Crippen molar-refractivity contribution >= 4 is 11.6 Å². The van der Waals surface area contributed by atoms with E-state index in [0.29, 0.717) is 18.2 Å². The van der Waals surface area contributed by atoms with Gasteiger partial charge >= 0.3 is 0 Å². The van der Waals surface area contributed by atoms with Crippen LogP contribution in [0.15, 0.2) is 42.5 Å². The molecule has 1 aliphatic rings. The molecule has 1 aliphatic heterocycles. The summed E-state index contributed by atoms with van der Waals surface area (Å²) in [6.07, 6.45) is -0.690. The second-order valence-electron chi connectivity index (χ2n) is 4.44.